The van der Waals surface area contributed by atoms with Crippen molar-refractivity contribution in [2.45, 2.75) is 19.8 Å². The lowest BCUT2D eigenvalue weighted by atomic mass is 9.95. The van der Waals surface area contributed by atoms with Gasteiger partial charge in [-0.05, 0) is 43.2 Å². The topological polar surface area (TPSA) is 91.5 Å². The Kier molecular flexibility index (Phi) is 5.52. The summed E-state index contributed by atoms with van der Waals surface area (Å²) in [4.78, 5) is 40.7. The van der Waals surface area contributed by atoms with Gasteiger partial charge in [-0.1, -0.05) is 18.2 Å². The van der Waals surface area contributed by atoms with Crippen molar-refractivity contribution in [3.05, 3.63) is 65.0 Å². The van der Waals surface area contributed by atoms with Crippen LogP contribution in [-0.4, -0.2) is 34.8 Å². The predicted molar refractivity (Wildman–Crippen MR) is 115 cm³/mol. The van der Waals surface area contributed by atoms with Crippen LogP contribution in [0.5, 0.6) is 11.5 Å². The van der Waals surface area contributed by atoms with Crippen LogP contribution in [0, 0.1) is 5.92 Å². The van der Waals surface area contributed by atoms with E-state index in [9.17, 15) is 14.4 Å². The summed E-state index contributed by atoms with van der Waals surface area (Å²) in [7, 11) is 0. The third-order valence-electron chi connectivity index (χ3n) is 5.35. The number of hydrogen-bond acceptors (Lipinski definition) is 4. The molecular formula is C23H23N3O4. The highest BCUT2D eigenvalue weighted by Crippen LogP contribution is 2.30. The second-order valence-electron chi connectivity index (χ2n) is 7.44. The molecular weight excluding hydrogens is 382 g/mol. The molecule has 2 aromatic carbocycles. The Bertz CT molecular complexity index is 1130. The molecule has 1 aliphatic rings. The quantitative estimate of drug-likeness (QED) is 0.695. The first kappa shape index (κ1) is 19.7. The Labute approximate surface area is 173 Å². The fourth-order valence-corrected chi connectivity index (χ4v) is 3.70. The molecule has 7 nitrogen and oxygen atoms in total. The summed E-state index contributed by atoms with van der Waals surface area (Å²) < 4.78 is 5.91. The van der Waals surface area contributed by atoms with Crippen molar-refractivity contribution in [2.24, 2.45) is 5.92 Å². The third-order valence-corrected chi connectivity index (χ3v) is 5.35. The minimum absolute atomic E-state index is 0.0447. The van der Waals surface area contributed by atoms with Gasteiger partial charge >= 0.3 is 0 Å². The number of pyridine rings is 1. The van der Waals surface area contributed by atoms with E-state index in [1.165, 1.54) is 6.07 Å². The van der Waals surface area contributed by atoms with Crippen molar-refractivity contribution < 1.29 is 14.3 Å². The maximum Gasteiger partial charge on any atom is 0.252 e. The number of piperidine rings is 1. The average molecular weight is 405 g/mol. The molecule has 1 saturated heterocycles. The van der Waals surface area contributed by atoms with E-state index in [1.54, 1.807) is 30.0 Å². The summed E-state index contributed by atoms with van der Waals surface area (Å²) in [5, 5.41) is 3.66. The van der Waals surface area contributed by atoms with Crippen molar-refractivity contribution in [3.63, 3.8) is 0 Å². The number of rotatable bonds is 4. The van der Waals surface area contributed by atoms with Crippen molar-refractivity contribution in [1.29, 1.82) is 0 Å². The summed E-state index contributed by atoms with van der Waals surface area (Å²) in [5.74, 6) is 0.893. The van der Waals surface area contributed by atoms with E-state index in [-0.39, 0.29) is 23.3 Å². The molecule has 7 heteroatoms. The fourth-order valence-electron chi connectivity index (χ4n) is 3.70. The van der Waals surface area contributed by atoms with E-state index in [1.807, 2.05) is 30.3 Å². The van der Waals surface area contributed by atoms with Crippen LogP contribution < -0.4 is 15.6 Å². The predicted octanol–water partition coefficient (Wildman–Crippen LogP) is 3.52. The maximum atomic E-state index is 12.7. The van der Waals surface area contributed by atoms with Crippen LogP contribution in [0.4, 0.5) is 5.69 Å². The van der Waals surface area contributed by atoms with Crippen LogP contribution in [0.1, 0.15) is 19.8 Å². The Balaban J connectivity index is 1.55. The molecule has 3 aromatic rings. The monoisotopic (exact) mass is 405 g/mol. The Morgan fingerprint density at radius 1 is 1.07 bits per heavy atom. The second-order valence-corrected chi connectivity index (χ2v) is 7.44. The standard InChI is InChI=1S/C23H23N3O4/c1-15(27)26-11-9-16(10-12-26)23(29)24-17-7-8-20-19(13-17)21(14-22(28)25-20)30-18-5-3-2-4-6-18/h2-8,13-14,16H,9-12H2,1H3,(H,24,29)(H,25,28). The molecule has 0 spiro atoms. The Hall–Kier alpha value is -3.61. The van der Waals surface area contributed by atoms with Crippen molar-refractivity contribution in [1.82, 2.24) is 9.88 Å². The molecule has 30 heavy (non-hydrogen) atoms. The molecule has 1 fully saturated rings. The van der Waals surface area contributed by atoms with E-state index in [2.05, 4.69) is 10.3 Å². The zero-order valence-electron chi connectivity index (χ0n) is 16.7. The molecule has 2 heterocycles. The summed E-state index contributed by atoms with van der Waals surface area (Å²) in [6.45, 7) is 2.75. The van der Waals surface area contributed by atoms with Gasteiger partial charge in [0.2, 0.25) is 11.8 Å². The molecule has 0 aliphatic carbocycles. The molecule has 0 radical (unpaired) electrons. The molecule has 1 aliphatic heterocycles. The number of carbonyl (C=O) groups excluding carboxylic acids is 2. The molecule has 0 atom stereocenters. The SMILES string of the molecule is CC(=O)N1CCC(C(=O)Nc2ccc3[nH]c(=O)cc(Oc4ccccc4)c3c2)CC1. The molecule has 1 aromatic heterocycles. The number of fused-ring (bicyclic) bond motifs is 1. The number of likely N-dealkylation sites (tertiary alicyclic amines) is 1. The zero-order chi connectivity index (χ0) is 21.1. The van der Waals surface area contributed by atoms with Gasteiger partial charge in [0.15, 0.2) is 0 Å². The first-order valence-electron chi connectivity index (χ1n) is 9.96. The van der Waals surface area contributed by atoms with Crippen molar-refractivity contribution >= 4 is 28.4 Å². The van der Waals surface area contributed by atoms with Gasteiger partial charge in [0, 0.05) is 43.1 Å². The average Bonchev–Trinajstić information content (AvgIpc) is 2.75. The number of hydrogen-bond donors (Lipinski definition) is 2. The Morgan fingerprint density at radius 3 is 2.50 bits per heavy atom. The minimum Gasteiger partial charge on any atom is -0.456 e. The summed E-state index contributed by atoms with van der Waals surface area (Å²) in [5.41, 5.74) is 0.995. The number of H-pyrrole nitrogens is 1. The number of carbonyl (C=O) groups is 2. The van der Waals surface area contributed by atoms with Gasteiger partial charge in [-0.2, -0.15) is 0 Å². The molecule has 4 rings (SSSR count). The van der Waals surface area contributed by atoms with Crippen molar-refractivity contribution in [3.8, 4) is 11.5 Å². The number of nitrogens with one attached hydrogen (secondary N) is 2. The van der Waals surface area contributed by atoms with Crippen LogP contribution in [0.25, 0.3) is 10.9 Å². The lowest BCUT2D eigenvalue weighted by Gasteiger charge is -2.30. The zero-order valence-corrected chi connectivity index (χ0v) is 16.7. The highest BCUT2D eigenvalue weighted by Gasteiger charge is 2.26. The molecule has 2 N–H and O–H groups in total. The summed E-state index contributed by atoms with van der Waals surface area (Å²) >= 11 is 0. The van der Waals surface area contributed by atoms with Crippen LogP contribution >= 0.6 is 0 Å². The largest absolute Gasteiger partial charge is 0.456 e. The van der Waals surface area contributed by atoms with Gasteiger partial charge in [-0.25, -0.2) is 0 Å². The van der Waals surface area contributed by atoms with Crippen LogP contribution in [0.3, 0.4) is 0 Å². The van der Waals surface area contributed by atoms with E-state index < -0.39 is 0 Å². The first-order valence-corrected chi connectivity index (χ1v) is 9.96. The highest BCUT2D eigenvalue weighted by molar-refractivity contribution is 5.96. The summed E-state index contributed by atoms with van der Waals surface area (Å²) in [6.07, 6.45) is 1.30. The van der Waals surface area contributed by atoms with E-state index in [0.717, 1.165) is 0 Å². The number of ether oxygens (including phenoxy) is 1. The fraction of sp³-hybridized carbons (Fsp3) is 0.261. The normalized spacial score (nSPS) is 14.5. The molecule has 0 bridgehead atoms. The minimum atomic E-state index is -0.262. The van der Waals surface area contributed by atoms with Gasteiger partial charge in [-0.15, -0.1) is 0 Å². The molecule has 0 unspecified atom stereocenters. The number of para-hydroxylation sites is 1. The summed E-state index contributed by atoms with van der Waals surface area (Å²) in [6, 6.07) is 15.9. The molecule has 2 amide bonds. The van der Waals surface area contributed by atoms with Gasteiger partial charge in [-0.3, -0.25) is 14.4 Å². The van der Waals surface area contributed by atoms with Gasteiger partial charge in [0.05, 0.1) is 5.52 Å². The lowest BCUT2D eigenvalue weighted by molar-refractivity contribution is -0.132. The highest BCUT2D eigenvalue weighted by atomic mass is 16.5. The van der Waals surface area contributed by atoms with E-state index in [4.69, 9.17) is 4.74 Å². The van der Waals surface area contributed by atoms with Crippen molar-refractivity contribution in [2.75, 3.05) is 18.4 Å². The van der Waals surface area contributed by atoms with Crippen LogP contribution in [0.2, 0.25) is 0 Å². The van der Waals surface area contributed by atoms with Crippen LogP contribution in [0.15, 0.2) is 59.4 Å². The number of anilines is 1. The molecule has 0 saturated carbocycles. The number of aromatic nitrogens is 1. The number of amides is 2. The number of aromatic amines is 1. The third kappa shape index (κ3) is 4.35. The number of nitrogens with zero attached hydrogens (tertiary/aromatic N) is 1. The first-order chi connectivity index (χ1) is 14.5. The van der Waals surface area contributed by atoms with Gasteiger partial charge < -0.3 is 19.9 Å². The Morgan fingerprint density at radius 2 is 1.80 bits per heavy atom. The second kappa shape index (κ2) is 8.41. The van der Waals surface area contributed by atoms with Crippen LogP contribution in [-0.2, 0) is 9.59 Å². The van der Waals surface area contributed by atoms with E-state index in [0.29, 0.717) is 54.0 Å². The maximum absolute atomic E-state index is 12.7. The lowest BCUT2D eigenvalue weighted by Crippen LogP contribution is -2.40. The number of benzene rings is 2. The van der Waals surface area contributed by atoms with E-state index >= 15 is 0 Å². The van der Waals surface area contributed by atoms with Gasteiger partial charge in [0.1, 0.15) is 11.5 Å². The molecule has 154 valence electrons. The smallest absolute Gasteiger partial charge is 0.252 e. The van der Waals surface area contributed by atoms with Gasteiger partial charge in [0.25, 0.3) is 5.56 Å².